The molecule has 0 spiro atoms. The van der Waals surface area contributed by atoms with Crippen LogP contribution in [0.3, 0.4) is 0 Å². The van der Waals surface area contributed by atoms with E-state index in [0.29, 0.717) is 11.6 Å². The van der Waals surface area contributed by atoms with Gasteiger partial charge in [-0.2, -0.15) is 0 Å². The molecule has 0 saturated carbocycles. The molecule has 29 heavy (non-hydrogen) atoms. The lowest BCUT2D eigenvalue weighted by molar-refractivity contribution is -0.660. The van der Waals surface area contributed by atoms with E-state index in [2.05, 4.69) is 65.0 Å². The largest absolute Gasteiger partial charge is 0.437 e. The summed E-state index contributed by atoms with van der Waals surface area (Å²) in [6.45, 7) is 12.2. The summed E-state index contributed by atoms with van der Waals surface area (Å²) in [5, 5.41) is 2.08. The monoisotopic (exact) mass is 389 g/mol. The maximum Gasteiger partial charge on any atom is 0.227 e. The van der Waals surface area contributed by atoms with Crippen LogP contribution in [-0.4, -0.2) is 4.98 Å². The SMILES string of the molecule is [2H]C([2H])(C)c1c[n+](C)c(-c2c(C)ccc3c2oc2nc(C(C)C)ccc23)cc1C(C)C. The van der Waals surface area contributed by atoms with Crippen molar-refractivity contribution >= 4 is 22.1 Å². The fraction of sp³-hybridized carbons (Fsp3) is 0.385. The lowest BCUT2D eigenvalue weighted by Crippen LogP contribution is -2.32. The van der Waals surface area contributed by atoms with E-state index in [4.69, 9.17) is 12.1 Å². The van der Waals surface area contributed by atoms with Crippen molar-refractivity contribution in [3.8, 4) is 11.3 Å². The molecule has 0 amide bonds. The van der Waals surface area contributed by atoms with Crippen molar-refractivity contribution in [1.82, 2.24) is 4.98 Å². The second-order valence-corrected chi connectivity index (χ2v) is 8.52. The molecule has 0 bridgehead atoms. The van der Waals surface area contributed by atoms with Crippen molar-refractivity contribution in [1.29, 1.82) is 0 Å². The number of benzene rings is 1. The van der Waals surface area contributed by atoms with E-state index in [9.17, 15) is 0 Å². The summed E-state index contributed by atoms with van der Waals surface area (Å²) >= 11 is 0. The molecule has 1 aromatic carbocycles. The van der Waals surface area contributed by atoms with E-state index in [1.54, 1.807) is 6.92 Å². The normalized spacial score (nSPS) is 13.6. The average Bonchev–Trinajstić information content (AvgIpc) is 3.04. The van der Waals surface area contributed by atoms with Gasteiger partial charge in [0, 0.05) is 30.8 Å². The van der Waals surface area contributed by atoms with Gasteiger partial charge < -0.3 is 4.42 Å². The number of hydrogen-bond acceptors (Lipinski definition) is 2. The van der Waals surface area contributed by atoms with Gasteiger partial charge in [0.05, 0.1) is 5.56 Å². The molecule has 0 atom stereocenters. The van der Waals surface area contributed by atoms with E-state index >= 15 is 0 Å². The molecule has 3 nitrogen and oxygen atoms in total. The Morgan fingerprint density at radius 2 is 1.79 bits per heavy atom. The Morgan fingerprint density at radius 3 is 2.45 bits per heavy atom. The molecule has 0 aliphatic carbocycles. The fourth-order valence-electron chi connectivity index (χ4n) is 4.07. The molecule has 0 radical (unpaired) electrons. The third kappa shape index (κ3) is 3.23. The van der Waals surface area contributed by atoms with Gasteiger partial charge in [-0.3, -0.25) is 0 Å². The van der Waals surface area contributed by atoms with Crippen molar-refractivity contribution in [2.24, 2.45) is 7.05 Å². The Balaban J connectivity index is 2.05. The lowest BCUT2D eigenvalue weighted by Gasteiger charge is -2.13. The molecule has 0 aliphatic heterocycles. The first-order chi connectivity index (χ1) is 14.5. The number of furan rings is 1. The molecule has 3 heterocycles. The van der Waals surface area contributed by atoms with Gasteiger partial charge in [0.2, 0.25) is 11.4 Å². The Kier molecular flexibility index (Phi) is 4.32. The number of aryl methyl sites for hydroxylation is 3. The highest BCUT2D eigenvalue weighted by Crippen LogP contribution is 2.37. The van der Waals surface area contributed by atoms with Crippen LogP contribution in [0.1, 0.15) is 71.6 Å². The van der Waals surface area contributed by atoms with Crippen LogP contribution < -0.4 is 4.57 Å². The Hall–Kier alpha value is -2.68. The molecule has 3 heteroatoms. The van der Waals surface area contributed by atoms with E-state index in [1.807, 2.05) is 17.8 Å². The smallest absolute Gasteiger partial charge is 0.227 e. The number of rotatable bonds is 4. The molecule has 4 aromatic rings. The summed E-state index contributed by atoms with van der Waals surface area (Å²) in [5.74, 6) is 0.539. The van der Waals surface area contributed by atoms with Crippen molar-refractivity contribution in [3.63, 3.8) is 0 Å². The van der Waals surface area contributed by atoms with Crippen molar-refractivity contribution in [2.45, 2.75) is 59.8 Å². The molecule has 0 N–H and O–H groups in total. The lowest BCUT2D eigenvalue weighted by atomic mass is 9.93. The van der Waals surface area contributed by atoms with Crippen LogP contribution in [0.2, 0.25) is 0 Å². The zero-order valence-electron chi connectivity index (χ0n) is 20.4. The molecule has 0 saturated heterocycles. The van der Waals surface area contributed by atoms with Crippen molar-refractivity contribution in [3.05, 3.63) is 58.9 Å². The summed E-state index contributed by atoms with van der Waals surface area (Å²) in [7, 11) is 1.98. The summed E-state index contributed by atoms with van der Waals surface area (Å²) in [6.07, 6.45) is 0.522. The average molecular weight is 390 g/mol. The highest BCUT2D eigenvalue weighted by atomic mass is 16.3. The number of hydrogen-bond donors (Lipinski definition) is 0. The highest BCUT2D eigenvalue weighted by Gasteiger charge is 2.23. The number of nitrogens with zero attached hydrogens (tertiary/aromatic N) is 2. The third-order valence-electron chi connectivity index (χ3n) is 5.78. The third-order valence-corrected chi connectivity index (χ3v) is 5.78. The minimum atomic E-state index is -1.41. The highest BCUT2D eigenvalue weighted by molar-refractivity contribution is 6.08. The zero-order chi connectivity index (χ0) is 22.7. The Morgan fingerprint density at radius 1 is 1.07 bits per heavy atom. The Labute approximate surface area is 176 Å². The quantitative estimate of drug-likeness (QED) is 0.369. The Bertz CT molecular complexity index is 1300. The van der Waals surface area contributed by atoms with Crippen LogP contribution in [0.5, 0.6) is 0 Å². The predicted molar refractivity (Wildman–Crippen MR) is 120 cm³/mol. The maximum atomic E-state index is 8.31. The molecule has 3 aromatic heterocycles. The van der Waals surface area contributed by atoms with Crippen molar-refractivity contribution < 1.29 is 11.7 Å². The second kappa shape index (κ2) is 7.29. The topological polar surface area (TPSA) is 29.9 Å². The summed E-state index contributed by atoms with van der Waals surface area (Å²) in [5.41, 5.74) is 7.44. The molecule has 150 valence electrons. The van der Waals surface area contributed by atoms with E-state index < -0.39 is 6.37 Å². The van der Waals surface area contributed by atoms with Crippen LogP contribution in [0.15, 0.2) is 40.9 Å². The molecule has 0 unspecified atom stereocenters. The number of aromatic nitrogens is 2. The molecular formula is C26H31N2O+. The van der Waals surface area contributed by atoms with Gasteiger partial charge >= 0.3 is 0 Å². The maximum absolute atomic E-state index is 8.31. The van der Waals surface area contributed by atoms with Crippen LogP contribution in [0.25, 0.3) is 33.3 Å². The standard InChI is InChI=1S/C26H31N2O/c1-8-18-14-28(7)23(13-21(18)15(2)3)24-17(6)9-10-19-20-11-12-22(16(4)5)27-26(20)29-25(19)24/h9-16H,8H2,1-7H3/q+1/i8D2. The van der Waals surface area contributed by atoms with E-state index in [0.717, 1.165) is 50.0 Å². The van der Waals surface area contributed by atoms with E-state index in [-0.39, 0.29) is 5.92 Å². The van der Waals surface area contributed by atoms with E-state index in [1.165, 1.54) is 0 Å². The molecular weight excluding hydrogens is 356 g/mol. The summed E-state index contributed by atoms with van der Waals surface area (Å²) in [4.78, 5) is 4.77. The summed E-state index contributed by atoms with van der Waals surface area (Å²) < 4.78 is 25.0. The zero-order valence-corrected chi connectivity index (χ0v) is 18.4. The fourth-order valence-corrected chi connectivity index (χ4v) is 4.07. The number of fused-ring (bicyclic) bond motifs is 3. The van der Waals surface area contributed by atoms with Gasteiger partial charge in [-0.05, 0) is 48.4 Å². The van der Waals surface area contributed by atoms with Crippen LogP contribution in [0.4, 0.5) is 0 Å². The molecule has 0 aliphatic rings. The molecule has 4 rings (SSSR count). The minimum Gasteiger partial charge on any atom is -0.437 e. The molecule has 0 fully saturated rings. The van der Waals surface area contributed by atoms with Gasteiger partial charge in [0.1, 0.15) is 7.05 Å². The number of pyridine rings is 2. The summed E-state index contributed by atoms with van der Waals surface area (Å²) in [6, 6.07) is 10.6. The second-order valence-electron chi connectivity index (χ2n) is 8.52. The van der Waals surface area contributed by atoms with Crippen LogP contribution in [0, 0.1) is 6.92 Å². The van der Waals surface area contributed by atoms with Gasteiger partial charge in [-0.25, -0.2) is 9.55 Å². The first-order valence-corrected chi connectivity index (χ1v) is 10.4. The van der Waals surface area contributed by atoms with Gasteiger partial charge in [-0.15, -0.1) is 0 Å². The van der Waals surface area contributed by atoms with Gasteiger partial charge in [-0.1, -0.05) is 46.8 Å². The van der Waals surface area contributed by atoms with Crippen LogP contribution in [-0.2, 0) is 13.4 Å². The van der Waals surface area contributed by atoms with Crippen molar-refractivity contribution in [2.75, 3.05) is 0 Å². The first-order valence-electron chi connectivity index (χ1n) is 11.4. The van der Waals surface area contributed by atoms with Gasteiger partial charge in [0.15, 0.2) is 11.8 Å². The first kappa shape index (κ1) is 17.2. The minimum absolute atomic E-state index is 0.204. The van der Waals surface area contributed by atoms with Gasteiger partial charge in [0.25, 0.3) is 0 Å². The predicted octanol–water partition coefficient (Wildman–Crippen LogP) is 6.59. The van der Waals surface area contributed by atoms with Crippen LogP contribution >= 0.6 is 0 Å².